The second-order valence-electron chi connectivity index (χ2n) is 8.68. The first kappa shape index (κ1) is 19.2. The van der Waals surface area contributed by atoms with Gasteiger partial charge in [0.2, 0.25) is 0 Å². The minimum Gasteiger partial charge on any atom is -0.402 e. The second kappa shape index (κ2) is 7.84. The zero-order valence-corrected chi connectivity index (χ0v) is 18.1. The maximum atomic E-state index is 5.83. The predicted octanol–water partition coefficient (Wildman–Crippen LogP) is 4.09. The molecule has 0 amide bonds. The average molecular weight is 418 g/mol. The third-order valence-corrected chi connectivity index (χ3v) is 6.98. The third kappa shape index (κ3) is 3.60. The van der Waals surface area contributed by atoms with Crippen molar-refractivity contribution in [1.82, 2.24) is 19.5 Å². The first-order chi connectivity index (χ1) is 14.6. The highest BCUT2D eigenvalue weighted by Gasteiger charge is 2.42. The van der Waals surface area contributed by atoms with Gasteiger partial charge < -0.3 is 10.6 Å². The van der Waals surface area contributed by atoms with E-state index in [0.717, 1.165) is 47.2 Å². The SMILES string of the molecule is CC(N)=CC(=S)N1C[C@H]2CC[C@@H](C1)C2Cc1nc2c(-c3ccccc3)cccn2n1. The van der Waals surface area contributed by atoms with E-state index < -0.39 is 0 Å². The Morgan fingerprint density at radius 3 is 2.57 bits per heavy atom. The van der Waals surface area contributed by atoms with Crippen molar-refractivity contribution in [3.63, 3.8) is 0 Å². The molecular weight excluding hydrogens is 390 g/mol. The lowest BCUT2D eigenvalue weighted by Gasteiger charge is -2.38. The number of thiocarbonyl (C=S) groups is 1. The number of allylic oxidation sites excluding steroid dienone is 1. The van der Waals surface area contributed by atoms with Crippen LogP contribution >= 0.6 is 12.2 Å². The van der Waals surface area contributed by atoms with Crippen LogP contribution in [0.25, 0.3) is 16.8 Å². The van der Waals surface area contributed by atoms with Gasteiger partial charge in [0.05, 0.1) is 0 Å². The van der Waals surface area contributed by atoms with E-state index in [1.165, 1.54) is 18.4 Å². The van der Waals surface area contributed by atoms with E-state index in [1.807, 2.05) is 35.8 Å². The van der Waals surface area contributed by atoms with Gasteiger partial charge in [-0.1, -0.05) is 42.5 Å². The quantitative estimate of drug-likeness (QED) is 0.512. The standard InChI is InChI=1S/C24H27N5S/c1-16(25)12-23(30)28-14-18-9-10-19(15-28)21(18)13-22-26-24-20(8-5-11-29(24)27-22)17-6-3-2-4-7-17/h2-8,11-12,18-19,21H,9-10,13-15,25H2,1H3/t18-,19+,21?. The number of hydrogen-bond donors (Lipinski definition) is 1. The summed E-state index contributed by atoms with van der Waals surface area (Å²) in [6, 6.07) is 14.6. The van der Waals surface area contributed by atoms with Crippen LogP contribution in [0.3, 0.4) is 0 Å². The third-order valence-electron chi connectivity index (χ3n) is 6.60. The molecule has 1 aromatic carbocycles. The van der Waals surface area contributed by atoms with E-state index in [1.54, 1.807) is 0 Å². The number of hydrogen-bond acceptors (Lipinski definition) is 4. The van der Waals surface area contributed by atoms with E-state index in [-0.39, 0.29) is 0 Å². The molecule has 5 rings (SSSR count). The molecule has 2 bridgehead atoms. The second-order valence-corrected chi connectivity index (χ2v) is 9.10. The predicted molar refractivity (Wildman–Crippen MR) is 124 cm³/mol. The van der Waals surface area contributed by atoms with Crippen LogP contribution in [0.1, 0.15) is 25.6 Å². The van der Waals surface area contributed by atoms with Crippen LogP contribution in [-0.2, 0) is 6.42 Å². The lowest BCUT2D eigenvalue weighted by Crippen LogP contribution is -2.44. The fourth-order valence-electron chi connectivity index (χ4n) is 5.23. The molecule has 2 fully saturated rings. The molecule has 2 aromatic heterocycles. The molecule has 154 valence electrons. The fraction of sp³-hybridized carbons (Fsp3) is 0.375. The molecule has 3 heterocycles. The summed E-state index contributed by atoms with van der Waals surface area (Å²) in [5.41, 5.74) is 9.85. The van der Waals surface area contributed by atoms with E-state index in [0.29, 0.717) is 17.8 Å². The van der Waals surface area contributed by atoms with Crippen molar-refractivity contribution in [2.24, 2.45) is 23.5 Å². The maximum absolute atomic E-state index is 5.83. The van der Waals surface area contributed by atoms with E-state index >= 15 is 0 Å². The lowest BCUT2D eigenvalue weighted by molar-refractivity contribution is 0.166. The Labute approximate surface area is 182 Å². The lowest BCUT2D eigenvalue weighted by atomic mass is 9.82. The van der Waals surface area contributed by atoms with Gasteiger partial charge in [0.15, 0.2) is 11.5 Å². The van der Waals surface area contributed by atoms with Crippen molar-refractivity contribution in [2.75, 3.05) is 13.1 Å². The van der Waals surface area contributed by atoms with Crippen molar-refractivity contribution in [3.05, 3.63) is 66.3 Å². The summed E-state index contributed by atoms with van der Waals surface area (Å²) in [5, 5.41) is 4.82. The summed E-state index contributed by atoms with van der Waals surface area (Å²) in [4.78, 5) is 8.18. The van der Waals surface area contributed by atoms with Crippen LogP contribution in [0, 0.1) is 17.8 Å². The molecule has 1 aliphatic heterocycles. The number of rotatable bonds is 4. The van der Waals surface area contributed by atoms with Crippen molar-refractivity contribution in [1.29, 1.82) is 0 Å². The molecule has 30 heavy (non-hydrogen) atoms. The Morgan fingerprint density at radius 2 is 1.87 bits per heavy atom. The summed E-state index contributed by atoms with van der Waals surface area (Å²) in [6.07, 6.45) is 7.39. The van der Waals surface area contributed by atoms with Crippen molar-refractivity contribution in [2.45, 2.75) is 26.2 Å². The van der Waals surface area contributed by atoms with Crippen molar-refractivity contribution in [3.8, 4) is 11.1 Å². The van der Waals surface area contributed by atoms with Crippen LogP contribution in [0.5, 0.6) is 0 Å². The molecule has 0 spiro atoms. The molecule has 1 unspecified atom stereocenters. The first-order valence-electron chi connectivity index (χ1n) is 10.7. The first-order valence-corrected chi connectivity index (χ1v) is 11.1. The average Bonchev–Trinajstić information content (AvgIpc) is 3.24. The topological polar surface area (TPSA) is 59.5 Å². The van der Waals surface area contributed by atoms with Crippen LogP contribution in [0.2, 0.25) is 0 Å². The number of pyridine rings is 1. The molecule has 0 radical (unpaired) electrons. The molecule has 3 aromatic rings. The van der Waals surface area contributed by atoms with Crippen LogP contribution in [0.15, 0.2) is 60.4 Å². The van der Waals surface area contributed by atoms with Gasteiger partial charge in [-0.3, -0.25) is 0 Å². The largest absolute Gasteiger partial charge is 0.402 e. The van der Waals surface area contributed by atoms with E-state index in [9.17, 15) is 0 Å². The number of benzene rings is 1. The number of aromatic nitrogens is 3. The number of fused-ring (bicyclic) bond motifs is 3. The molecule has 2 aliphatic rings. The number of piperidine rings is 1. The fourth-order valence-corrected chi connectivity index (χ4v) is 5.56. The van der Waals surface area contributed by atoms with Gasteiger partial charge in [0, 0.05) is 37.0 Å². The molecule has 3 atom stereocenters. The Hall–Kier alpha value is -2.73. The molecule has 1 aliphatic carbocycles. The normalized spacial score (nSPS) is 23.8. The highest BCUT2D eigenvalue weighted by atomic mass is 32.1. The summed E-state index contributed by atoms with van der Waals surface area (Å²) in [5.74, 6) is 2.88. The zero-order valence-electron chi connectivity index (χ0n) is 17.2. The van der Waals surface area contributed by atoms with Crippen LogP contribution in [-0.4, -0.2) is 37.6 Å². The van der Waals surface area contributed by atoms with Crippen molar-refractivity contribution >= 4 is 22.9 Å². The molecule has 6 heteroatoms. The number of likely N-dealkylation sites (tertiary alicyclic amines) is 1. The summed E-state index contributed by atoms with van der Waals surface area (Å²) in [6.45, 7) is 3.94. The van der Waals surface area contributed by atoms with Crippen LogP contribution in [0.4, 0.5) is 0 Å². The minimum absolute atomic E-state index is 0.629. The highest BCUT2D eigenvalue weighted by Crippen LogP contribution is 2.43. The molecule has 5 nitrogen and oxygen atoms in total. The van der Waals surface area contributed by atoms with Gasteiger partial charge in [-0.2, -0.15) is 5.10 Å². The summed E-state index contributed by atoms with van der Waals surface area (Å²) < 4.78 is 1.93. The summed E-state index contributed by atoms with van der Waals surface area (Å²) in [7, 11) is 0. The van der Waals surface area contributed by atoms with Crippen LogP contribution < -0.4 is 5.73 Å². The molecular formula is C24H27N5S. The Balaban J connectivity index is 1.37. The van der Waals surface area contributed by atoms with Gasteiger partial charge in [-0.25, -0.2) is 9.50 Å². The highest BCUT2D eigenvalue weighted by molar-refractivity contribution is 7.80. The Kier molecular flexibility index (Phi) is 5.03. The van der Waals surface area contributed by atoms with Gasteiger partial charge in [0.1, 0.15) is 4.99 Å². The monoisotopic (exact) mass is 417 g/mol. The molecule has 2 N–H and O–H groups in total. The maximum Gasteiger partial charge on any atom is 0.163 e. The molecule has 1 saturated heterocycles. The van der Waals surface area contributed by atoms with E-state index in [2.05, 4.69) is 35.2 Å². The molecule has 1 saturated carbocycles. The van der Waals surface area contributed by atoms with Crippen molar-refractivity contribution < 1.29 is 0 Å². The van der Waals surface area contributed by atoms with E-state index in [4.69, 9.17) is 28.0 Å². The Bertz CT molecular complexity index is 1090. The Morgan fingerprint density at radius 1 is 1.13 bits per heavy atom. The minimum atomic E-state index is 0.629. The van der Waals surface area contributed by atoms with Gasteiger partial charge in [0.25, 0.3) is 0 Å². The van der Waals surface area contributed by atoms with Gasteiger partial charge in [-0.05, 0) is 61.3 Å². The number of nitrogens with zero attached hydrogens (tertiary/aromatic N) is 4. The zero-order chi connectivity index (χ0) is 20.7. The number of nitrogens with two attached hydrogens (primary N) is 1. The smallest absolute Gasteiger partial charge is 0.163 e. The van der Waals surface area contributed by atoms with Gasteiger partial charge in [-0.15, -0.1) is 0 Å². The van der Waals surface area contributed by atoms with Gasteiger partial charge >= 0.3 is 0 Å². The summed E-state index contributed by atoms with van der Waals surface area (Å²) >= 11 is 5.60.